The van der Waals surface area contributed by atoms with E-state index in [4.69, 9.17) is 4.74 Å². The van der Waals surface area contributed by atoms with Gasteiger partial charge in [-0.2, -0.15) is 5.11 Å². The van der Waals surface area contributed by atoms with Gasteiger partial charge < -0.3 is 4.74 Å². The molecule has 2 N–H and O–H groups in total. The first-order chi connectivity index (χ1) is 11.2. The van der Waals surface area contributed by atoms with Crippen molar-refractivity contribution in [3.05, 3.63) is 64.7 Å². The summed E-state index contributed by atoms with van der Waals surface area (Å²) in [6, 6.07) is 12.7. The summed E-state index contributed by atoms with van der Waals surface area (Å²) >= 11 is 0. The average molecular weight is 312 g/mol. The molecule has 0 unspecified atom stereocenters. The Kier molecular flexibility index (Phi) is 4.01. The Bertz CT molecular complexity index is 897. The fourth-order valence-corrected chi connectivity index (χ4v) is 2.05. The molecule has 1 aromatic heterocycles. The number of halogens is 1. The number of benzene rings is 2. The molecule has 0 aliphatic rings. The van der Waals surface area contributed by atoms with E-state index in [1.165, 1.54) is 24.3 Å². The Hall–Kier alpha value is -3.22. The van der Waals surface area contributed by atoms with E-state index in [-0.39, 0.29) is 11.5 Å². The minimum absolute atomic E-state index is 0.141. The van der Waals surface area contributed by atoms with Crippen molar-refractivity contribution in [3.63, 3.8) is 0 Å². The Balaban J connectivity index is 1.98. The number of H-pyrrole nitrogens is 2. The second-order valence-electron chi connectivity index (χ2n) is 4.71. The predicted octanol–water partition coefficient (Wildman–Crippen LogP) is 3.93. The number of hydrogen-bond donors (Lipinski definition) is 2. The van der Waals surface area contributed by atoms with Crippen LogP contribution in [0.15, 0.2) is 63.6 Å². The highest BCUT2D eigenvalue weighted by molar-refractivity contribution is 5.72. The van der Waals surface area contributed by atoms with Gasteiger partial charge in [-0.1, -0.05) is 12.1 Å². The lowest BCUT2D eigenvalue weighted by atomic mass is 10.1. The molecule has 116 valence electrons. The van der Waals surface area contributed by atoms with E-state index in [0.29, 0.717) is 17.1 Å². The summed E-state index contributed by atoms with van der Waals surface area (Å²) in [5, 5.41) is 13.2. The SMILES string of the molecule is COc1cccc(-c2[nH][nH]c(=O)c2N=Nc2ccc(F)cc2)c1. The highest BCUT2D eigenvalue weighted by Crippen LogP contribution is 2.28. The Morgan fingerprint density at radius 2 is 1.83 bits per heavy atom. The van der Waals surface area contributed by atoms with Crippen molar-refractivity contribution >= 4 is 11.4 Å². The summed E-state index contributed by atoms with van der Waals surface area (Å²) < 4.78 is 18.0. The first kappa shape index (κ1) is 14.7. The monoisotopic (exact) mass is 312 g/mol. The van der Waals surface area contributed by atoms with Crippen molar-refractivity contribution in [1.29, 1.82) is 0 Å². The van der Waals surface area contributed by atoms with Gasteiger partial charge in [-0.3, -0.25) is 15.0 Å². The summed E-state index contributed by atoms with van der Waals surface area (Å²) in [5.41, 5.74) is 1.43. The number of nitrogens with zero attached hydrogens (tertiary/aromatic N) is 2. The van der Waals surface area contributed by atoms with Crippen LogP contribution in [0.3, 0.4) is 0 Å². The van der Waals surface area contributed by atoms with Gasteiger partial charge >= 0.3 is 0 Å². The minimum atomic E-state index is -0.395. The molecule has 0 amide bonds. The molecule has 1 heterocycles. The standard InChI is InChI=1S/C16H13FN4O2/c1-23-13-4-2-3-10(9-13)14-15(16(22)21-19-14)20-18-12-7-5-11(17)6-8-12/h2-9H,1H3,(H2,19,21,22). The zero-order valence-corrected chi connectivity index (χ0v) is 12.2. The molecule has 23 heavy (non-hydrogen) atoms. The van der Waals surface area contributed by atoms with Gasteiger partial charge in [0, 0.05) is 5.56 Å². The Labute approximate surface area is 130 Å². The maximum Gasteiger partial charge on any atom is 0.292 e. The van der Waals surface area contributed by atoms with E-state index in [0.717, 1.165) is 5.56 Å². The van der Waals surface area contributed by atoms with Gasteiger partial charge in [0.1, 0.15) is 11.6 Å². The van der Waals surface area contributed by atoms with Crippen molar-refractivity contribution in [2.24, 2.45) is 10.2 Å². The van der Waals surface area contributed by atoms with Crippen LogP contribution in [0, 0.1) is 5.82 Å². The van der Waals surface area contributed by atoms with Crippen LogP contribution in [0.25, 0.3) is 11.3 Å². The minimum Gasteiger partial charge on any atom is -0.497 e. The van der Waals surface area contributed by atoms with Gasteiger partial charge in [0.05, 0.1) is 18.5 Å². The van der Waals surface area contributed by atoms with Crippen LogP contribution in [-0.4, -0.2) is 17.3 Å². The molecule has 3 rings (SSSR count). The van der Waals surface area contributed by atoms with E-state index in [9.17, 15) is 9.18 Å². The molecular formula is C16H13FN4O2. The maximum atomic E-state index is 12.9. The third-order valence-corrected chi connectivity index (χ3v) is 3.20. The van der Waals surface area contributed by atoms with Crippen LogP contribution in [0.1, 0.15) is 0 Å². The number of methoxy groups -OCH3 is 1. The molecule has 0 fully saturated rings. The molecular weight excluding hydrogens is 299 g/mol. The second kappa shape index (κ2) is 6.27. The molecule has 6 nitrogen and oxygen atoms in total. The summed E-state index contributed by atoms with van der Waals surface area (Å²) in [7, 11) is 1.56. The predicted molar refractivity (Wildman–Crippen MR) is 84.0 cm³/mol. The average Bonchev–Trinajstić information content (AvgIpc) is 2.95. The lowest BCUT2D eigenvalue weighted by Crippen LogP contribution is -1.96. The molecule has 0 atom stereocenters. The van der Waals surface area contributed by atoms with Gasteiger partial charge in [0.2, 0.25) is 0 Å². The number of aromatic amines is 2. The fraction of sp³-hybridized carbons (Fsp3) is 0.0625. The summed E-state index contributed by atoms with van der Waals surface area (Å²) in [5.74, 6) is 0.298. The zero-order valence-electron chi connectivity index (χ0n) is 12.2. The molecule has 0 radical (unpaired) electrons. The summed E-state index contributed by atoms with van der Waals surface area (Å²) in [4.78, 5) is 11.9. The third-order valence-electron chi connectivity index (χ3n) is 3.20. The number of hydrogen-bond acceptors (Lipinski definition) is 4. The first-order valence-corrected chi connectivity index (χ1v) is 6.80. The first-order valence-electron chi connectivity index (χ1n) is 6.80. The van der Waals surface area contributed by atoms with Gasteiger partial charge in [-0.05, 0) is 36.4 Å². The fourth-order valence-electron chi connectivity index (χ4n) is 2.05. The van der Waals surface area contributed by atoms with E-state index >= 15 is 0 Å². The van der Waals surface area contributed by atoms with E-state index in [2.05, 4.69) is 20.4 Å². The van der Waals surface area contributed by atoms with E-state index in [1.54, 1.807) is 25.3 Å². The normalized spacial score (nSPS) is 11.0. The van der Waals surface area contributed by atoms with Gasteiger partial charge in [-0.15, -0.1) is 5.11 Å². The topological polar surface area (TPSA) is 82.6 Å². The number of rotatable bonds is 4. The molecule has 2 aromatic carbocycles. The van der Waals surface area contributed by atoms with Gasteiger partial charge in [0.15, 0.2) is 5.69 Å². The van der Waals surface area contributed by atoms with Crippen molar-refractivity contribution in [2.45, 2.75) is 0 Å². The third kappa shape index (κ3) is 3.18. The number of ether oxygens (including phenoxy) is 1. The quantitative estimate of drug-likeness (QED) is 0.715. The molecule has 0 aliphatic heterocycles. The molecule has 0 saturated carbocycles. The Morgan fingerprint density at radius 1 is 1.04 bits per heavy atom. The molecule has 0 bridgehead atoms. The Morgan fingerprint density at radius 3 is 2.57 bits per heavy atom. The molecule has 0 aliphatic carbocycles. The molecule has 7 heteroatoms. The van der Waals surface area contributed by atoms with Gasteiger partial charge in [-0.25, -0.2) is 4.39 Å². The largest absolute Gasteiger partial charge is 0.497 e. The zero-order chi connectivity index (χ0) is 16.2. The number of aromatic nitrogens is 2. The van der Waals surface area contributed by atoms with Crippen LogP contribution in [0.4, 0.5) is 15.8 Å². The van der Waals surface area contributed by atoms with Crippen LogP contribution in [0.2, 0.25) is 0 Å². The number of nitrogens with one attached hydrogen (secondary N) is 2. The van der Waals surface area contributed by atoms with Crippen LogP contribution in [0.5, 0.6) is 5.75 Å². The number of azo groups is 1. The summed E-state index contributed by atoms with van der Waals surface area (Å²) in [6.07, 6.45) is 0. The van der Waals surface area contributed by atoms with Crippen LogP contribution >= 0.6 is 0 Å². The highest BCUT2D eigenvalue weighted by atomic mass is 19.1. The van der Waals surface area contributed by atoms with Crippen LogP contribution < -0.4 is 10.3 Å². The van der Waals surface area contributed by atoms with Crippen LogP contribution in [-0.2, 0) is 0 Å². The van der Waals surface area contributed by atoms with Crippen molar-refractivity contribution in [1.82, 2.24) is 10.2 Å². The van der Waals surface area contributed by atoms with E-state index in [1.807, 2.05) is 6.07 Å². The van der Waals surface area contributed by atoms with Crippen molar-refractivity contribution in [2.75, 3.05) is 7.11 Å². The lowest BCUT2D eigenvalue weighted by molar-refractivity contribution is 0.415. The lowest BCUT2D eigenvalue weighted by Gasteiger charge is -2.02. The molecule has 3 aromatic rings. The highest BCUT2D eigenvalue weighted by Gasteiger charge is 2.12. The molecule has 0 saturated heterocycles. The second-order valence-corrected chi connectivity index (χ2v) is 4.71. The smallest absolute Gasteiger partial charge is 0.292 e. The van der Waals surface area contributed by atoms with Crippen molar-refractivity contribution < 1.29 is 9.13 Å². The molecule has 0 spiro atoms. The maximum absolute atomic E-state index is 12.9. The van der Waals surface area contributed by atoms with Crippen molar-refractivity contribution in [3.8, 4) is 17.0 Å². The van der Waals surface area contributed by atoms with Gasteiger partial charge in [0.25, 0.3) is 5.56 Å². The summed E-state index contributed by atoms with van der Waals surface area (Å²) in [6.45, 7) is 0. The van der Waals surface area contributed by atoms with E-state index < -0.39 is 5.56 Å².